The molecule has 0 unspecified atom stereocenters. The number of hydrogen-bond donors (Lipinski definition) is 0. The number of rotatable bonds is 3. The monoisotopic (exact) mass is 338 g/mol. The zero-order valence-electron chi connectivity index (χ0n) is 14.9. The van der Waals surface area contributed by atoms with Crippen molar-refractivity contribution in [3.05, 3.63) is 48.5 Å². The number of amides is 1. The van der Waals surface area contributed by atoms with Crippen LogP contribution in [0.2, 0.25) is 0 Å². The number of para-hydroxylation sites is 1. The summed E-state index contributed by atoms with van der Waals surface area (Å²) in [6.07, 6.45) is 7.98. The van der Waals surface area contributed by atoms with Gasteiger partial charge in [0.15, 0.2) is 0 Å². The second-order valence-corrected chi connectivity index (χ2v) is 7.48. The molecule has 132 valence electrons. The Hall–Kier alpha value is -2.14. The molecule has 0 atom stereocenters. The molecule has 0 bridgehead atoms. The topological polar surface area (TPSA) is 41.4 Å². The summed E-state index contributed by atoms with van der Waals surface area (Å²) in [5.41, 5.74) is 2.00. The highest BCUT2D eigenvalue weighted by molar-refractivity contribution is 5.98. The molecule has 2 aromatic rings. The van der Waals surface area contributed by atoms with Crippen molar-refractivity contribution in [2.45, 2.75) is 32.2 Å². The number of benzene rings is 1. The second kappa shape index (κ2) is 6.64. The zero-order valence-corrected chi connectivity index (χ0v) is 14.9. The minimum atomic E-state index is -0.158. The number of likely N-dealkylation sites (tertiary alicyclic amines) is 1. The molecule has 1 aromatic carbocycles. The summed E-state index contributed by atoms with van der Waals surface area (Å²) in [5, 5.41) is 0. The van der Waals surface area contributed by atoms with Crippen LogP contribution in [-0.4, -0.2) is 40.0 Å². The van der Waals surface area contributed by atoms with Gasteiger partial charge < -0.3 is 9.47 Å². The number of aromatic nitrogens is 2. The van der Waals surface area contributed by atoms with Crippen LogP contribution in [0.3, 0.4) is 0 Å². The second-order valence-electron chi connectivity index (χ2n) is 7.48. The van der Waals surface area contributed by atoms with Gasteiger partial charge in [0.05, 0.1) is 17.4 Å². The Morgan fingerprint density at radius 1 is 1.08 bits per heavy atom. The van der Waals surface area contributed by atoms with Gasteiger partial charge in [0.1, 0.15) is 0 Å². The van der Waals surface area contributed by atoms with Crippen molar-refractivity contribution in [3.8, 4) is 0 Å². The molecule has 1 spiro atoms. The lowest BCUT2D eigenvalue weighted by molar-refractivity contribution is -0.133. The molecule has 2 fully saturated rings. The smallest absolute Gasteiger partial charge is 0.233 e. The average molecular weight is 338 g/mol. The van der Waals surface area contributed by atoms with Gasteiger partial charge >= 0.3 is 0 Å². The highest BCUT2D eigenvalue weighted by Gasteiger charge is 2.45. The Morgan fingerprint density at radius 2 is 1.84 bits per heavy atom. The fraction of sp³-hybridized carbons (Fsp3) is 0.500. The Balaban J connectivity index is 1.43. The van der Waals surface area contributed by atoms with Crippen molar-refractivity contribution in [1.29, 1.82) is 0 Å². The Morgan fingerprint density at radius 3 is 2.52 bits per heavy atom. The summed E-state index contributed by atoms with van der Waals surface area (Å²) in [5.74, 6) is 0.336. The van der Waals surface area contributed by atoms with Crippen LogP contribution < -0.4 is 4.90 Å². The van der Waals surface area contributed by atoms with E-state index in [0.29, 0.717) is 5.91 Å². The number of imidazole rings is 1. The lowest BCUT2D eigenvalue weighted by atomic mass is 9.71. The van der Waals surface area contributed by atoms with E-state index < -0.39 is 0 Å². The lowest BCUT2D eigenvalue weighted by Gasteiger charge is -2.46. The normalized spacial score (nSPS) is 21.0. The third-order valence-electron chi connectivity index (χ3n) is 5.76. The molecule has 4 rings (SSSR count). The third kappa shape index (κ3) is 3.21. The van der Waals surface area contributed by atoms with Gasteiger partial charge in [0.2, 0.25) is 5.91 Å². The number of hydrogen-bond acceptors (Lipinski definition) is 3. The molecule has 3 heterocycles. The number of carbonyl (C=O) groups is 1. The van der Waals surface area contributed by atoms with E-state index >= 15 is 0 Å². The van der Waals surface area contributed by atoms with Crippen LogP contribution in [0.1, 0.15) is 31.4 Å². The van der Waals surface area contributed by atoms with Gasteiger partial charge in [-0.25, -0.2) is 4.98 Å². The first-order valence-electron chi connectivity index (χ1n) is 9.23. The highest BCUT2D eigenvalue weighted by atomic mass is 16.2. The summed E-state index contributed by atoms with van der Waals surface area (Å²) >= 11 is 0. The third-order valence-corrected chi connectivity index (χ3v) is 5.76. The maximum atomic E-state index is 13.3. The number of nitrogens with zero attached hydrogens (tertiary/aromatic N) is 4. The van der Waals surface area contributed by atoms with Crippen molar-refractivity contribution in [2.75, 3.05) is 24.5 Å². The summed E-state index contributed by atoms with van der Waals surface area (Å²) < 4.78 is 1.99. The molecule has 0 aliphatic carbocycles. The standard InChI is InChI=1S/C20H26N4O/c1-22-14-17(21-16-22)15-23-12-9-20(10-13-23)8-5-11-24(19(20)25)18-6-3-2-4-7-18/h2-4,6-7,14,16H,5,8-13,15H2,1H3. The maximum Gasteiger partial charge on any atom is 0.233 e. The first kappa shape index (κ1) is 16.3. The van der Waals surface area contributed by atoms with Crippen LogP contribution in [0.5, 0.6) is 0 Å². The van der Waals surface area contributed by atoms with E-state index in [2.05, 4.69) is 16.1 Å². The largest absolute Gasteiger partial charge is 0.340 e. The molecule has 5 heteroatoms. The van der Waals surface area contributed by atoms with Gasteiger partial charge in [0.25, 0.3) is 0 Å². The first-order valence-corrected chi connectivity index (χ1v) is 9.23. The van der Waals surface area contributed by atoms with E-state index in [1.807, 2.05) is 53.2 Å². The van der Waals surface area contributed by atoms with E-state index in [0.717, 1.165) is 63.2 Å². The summed E-state index contributed by atoms with van der Waals surface area (Å²) in [6.45, 7) is 3.69. The van der Waals surface area contributed by atoms with Crippen LogP contribution in [-0.2, 0) is 18.4 Å². The van der Waals surface area contributed by atoms with Gasteiger partial charge in [-0.2, -0.15) is 0 Å². The van der Waals surface area contributed by atoms with Crippen molar-refractivity contribution >= 4 is 11.6 Å². The van der Waals surface area contributed by atoms with Gasteiger partial charge in [-0.15, -0.1) is 0 Å². The van der Waals surface area contributed by atoms with E-state index in [4.69, 9.17) is 0 Å². The van der Waals surface area contributed by atoms with E-state index in [9.17, 15) is 4.79 Å². The molecule has 25 heavy (non-hydrogen) atoms. The minimum absolute atomic E-state index is 0.158. The molecule has 0 N–H and O–H groups in total. The fourth-order valence-electron chi connectivity index (χ4n) is 4.31. The molecule has 2 aliphatic heterocycles. The average Bonchev–Trinajstić information content (AvgIpc) is 3.05. The number of carbonyl (C=O) groups excluding carboxylic acids is 1. The lowest BCUT2D eigenvalue weighted by Crippen LogP contribution is -2.53. The van der Waals surface area contributed by atoms with Crippen molar-refractivity contribution in [1.82, 2.24) is 14.5 Å². The van der Waals surface area contributed by atoms with Gasteiger partial charge in [-0.05, 0) is 50.9 Å². The number of aryl methyl sites for hydroxylation is 1. The highest BCUT2D eigenvalue weighted by Crippen LogP contribution is 2.42. The van der Waals surface area contributed by atoms with Crippen LogP contribution in [0.15, 0.2) is 42.9 Å². The molecule has 1 amide bonds. The van der Waals surface area contributed by atoms with Gasteiger partial charge in [-0.1, -0.05) is 18.2 Å². The Labute approximate surface area is 149 Å². The summed E-state index contributed by atoms with van der Waals surface area (Å²) in [6, 6.07) is 10.1. The molecular weight excluding hydrogens is 312 g/mol. The molecule has 5 nitrogen and oxygen atoms in total. The molecule has 0 saturated carbocycles. The zero-order chi connectivity index (χ0) is 17.3. The van der Waals surface area contributed by atoms with Crippen LogP contribution in [0, 0.1) is 5.41 Å². The SMILES string of the molecule is Cn1cnc(CN2CCC3(CCCN(c4ccccc4)C3=O)CC2)c1. The first-order chi connectivity index (χ1) is 12.2. The van der Waals surface area contributed by atoms with E-state index in [1.54, 1.807) is 0 Å². The molecule has 1 aromatic heterocycles. The van der Waals surface area contributed by atoms with Crippen LogP contribution >= 0.6 is 0 Å². The van der Waals surface area contributed by atoms with Crippen LogP contribution in [0.25, 0.3) is 0 Å². The van der Waals surface area contributed by atoms with Gasteiger partial charge in [-0.3, -0.25) is 9.69 Å². The predicted octanol–water partition coefficient (Wildman–Crippen LogP) is 2.83. The minimum Gasteiger partial charge on any atom is -0.340 e. The van der Waals surface area contributed by atoms with E-state index in [1.165, 1.54) is 0 Å². The number of anilines is 1. The Kier molecular flexibility index (Phi) is 4.34. The molecule has 0 radical (unpaired) electrons. The summed E-state index contributed by atoms with van der Waals surface area (Å²) in [4.78, 5) is 22.1. The van der Waals surface area contributed by atoms with Crippen molar-refractivity contribution in [2.24, 2.45) is 12.5 Å². The molecular formula is C20H26N4O. The molecule has 2 aliphatic rings. The van der Waals surface area contributed by atoms with Gasteiger partial charge in [0, 0.05) is 32.0 Å². The van der Waals surface area contributed by atoms with E-state index in [-0.39, 0.29) is 5.41 Å². The Bertz CT molecular complexity index is 731. The van der Waals surface area contributed by atoms with Crippen LogP contribution in [0.4, 0.5) is 5.69 Å². The number of piperidine rings is 2. The van der Waals surface area contributed by atoms with Crippen molar-refractivity contribution < 1.29 is 4.79 Å². The van der Waals surface area contributed by atoms with Crippen molar-refractivity contribution in [3.63, 3.8) is 0 Å². The maximum absolute atomic E-state index is 13.3. The summed E-state index contributed by atoms with van der Waals surface area (Å²) in [7, 11) is 2.00. The fourth-order valence-corrected chi connectivity index (χ4v) is 4.31. The predicted molar refractivity (Wildman–Crippen MR) is 98.2 cm³/mol. The quantitative estimate of drug-likeness (QED) is 0.864. The molecule has 2 saturated heterocycles.